The molecule has 1 aliphatic heterocycles. The Morgan fingerprint density at radius 2 is 1.75 bits per heavy atom. The highest BCUT2D eigenvalue weighted by molar-refractivity contribution is 7.93. The van der Waals surface area contributed by atoms with Gasteiger partial charge >= 0.3 is 0 Å². The molecule has 128 valence electrons. The summed E-state index contributed by atoms with van der Waals surface area (Å²) in [6, 6.07) is 6.34. The molecule has 0 aromatic heterocycles. The minimum atomic E-state index is -3.97. The lowest BCUT2D eigenvalue weighted by molar-refractivity contribution is 0.560. The summed E-state index contributed by atoms with van der Waals surface area (Å²) >= 11 is 17.9. The predicted molar refractivity (Wildman–Crippen MR) is 95.3 cm³/mol. The molecule has 1 heterocycles. The molecule has 0 spiro atoms. The number of benzene rings is 2. The Labute approximate surface area is 155 Å². The molecule has 0 amide bonds. The lowest BCUT2D eigenvalue weighted by Gasteiger charge is -2.36. The Morgan fingerprint density at radius 1 is 1.08 bits per heavy atom. The van der Waals surface area contributed by atoms with Crippen LogP contribution in [0, 0.1) is 5.82 Å². The highest BCUT2D eigenvalue weighted by atomic mass is 35.5. The third kappa shape index (κ3) is 2.99. The van der Waals surface area contributed by atoms with Crippen molar-refractivity contribution in [2.75, 3.05) is 4.31 Å². The van der Waals surface area contributed by atoms with E-state index in [0.29, 0.717) is 24.1 Å². The summed E-state index contributed by atoms with van der Waals surface area (Å²) in [5.74, 6) is -0.395. The molecular formula is C16H13Cl3FNO2S. The topological polar surface area (TPSA) is 37.4 Å². The van der Waals surface area contributed by atoms with Crippen molar-refractivity contribution in [2.45, 2.75) is 30.7 Å². The van der Waals surface area contributed by atoms with Gasteiger partial charge in [0.2, 0.25) is 0 Å². The molecule has 1 unspecified atom stereocenters. The Morgan fingerprint density at radius 3 is 2.46 bits per heavy atom. The van der Waals surface area contributed by atoms with Crippen molar-refractivity contribution in [2.24, 2.45) is 0 Å². The van der Waals surface area contributed by atoms with E-state index < -0.39 is 15.8 Å². The van der Waals surface area contributed by atoms with Gasteiger partial charge in [0.05, 0.1) is 20.8 Å². The molecule has 0 aliphatic carbocycles. The zero-order valence-electron chi connectivity index (χ0n) is 12.6. The molecule has 24 heavy (non-hydrogen) atoms. The van der Waals surface area contributed by atoms with E-state index in [9.17, 15) is 12.8 Å². The van der Waals surface area contributed by atoms with E-state index in [-0.39, 0.29) is 26.0 Å². The predicted octanol–water partition coefficient (Wildman–Crippen LogP) is 5.32. The van der Waals surface area contributed by atoms with Crippen molar-refractivity contribution in [3.63, 3.8) is 0 Å². The number of aryl methyl sites for hydroxylation is 1. The van der Waals surface area contributed by atoms with Crippen molar-refractivity contribution in [1.82, 2.24) is 0 Å². The van der Waals surface area contributed by atoms with Crippen LogP contribution in [0.25, 0.3) is 0 Å². The lowest BCUT2D eigenvalue weighted by atomic mass is 9.99. The highest BCUT2D eigenvalue weighted by Crippen LogP contribution is 2.39. The fourth-order valence-corrected chi connectivity index (χ4v) is 5.57. The van der Waals surface area contributed by atoms with Crippen LogP contribution in [0.1, 0.15) is 18.9 Å². The van der Waals surface area contributed by atoms with E-state index in [1.54, 1.807) is 6.92 Å². The van der Waals surface area contributed by atoms with Crippen LogP contribution in [0.3, 0.4) is 0 Å². The number of anilines is 1. The molecule has 8 heteroatoms. The third-order valence-corrected chi connectivity index (χ3v) is 7.14. The molecule has 0 radical (unpaired) electrons. The lowest BCUT2D eigenvalue weighted by Crippen LogP contribution is -2.42. The number of rotatable bonds is 2. The van der Waals surface area contributed by atoms with Gasteiger partial charge in [0.25, 0.3) is 10.0 Å². The van der Waals surface area contributed by atoms with Gasteiger partial charge in [-0.2, -0.15) is 0 Å². The van der Waals surface area contributed by atoms with E-state index in [1.807, 2.05) is 0 Å². The second kappa shape index (κ2) is 6.37. The van der Waals surface area contributed by atoms with E-state index in [2.05, 4.69) is 0 Å². The highest BCUT2D eigenvalue weighted by Gasteiger charge is 2.35. The molecule has 3 nitrogen and oxygen atoms in total. The molecule has 2 aromatic carbocycles. The summed E-state index contributed by atoms with van der Waals surface area (Å²) in [7, 11) is -3.97. The fraction of sp³-hybridized carbons (Fsp3) is 0.250. The van der Waals surface area contributed by atoms with Crippen LogP contribution in [0.5, 0.6) is 0 Å². The average Bonchev–Trinajstić information content (AvgIpc) is 2.50. The van der Waals surface area contributed by atoms with Crippen LogP contribution in [0.4, 0.5) is 10.1 Å². The van der Waals surface area contributed by atoms with Crippen LogP contribution < -0.4 is 4.31 Å². The second-order valence-electron chi connectivity index (χ2n) is 5.66. The normalized spacial score (nSPS) is 17.7. The minimum absolute atomic E-state index is 0.00849. The number of nitrogens with zero attached hydrogens (tertiary/aromatic N) is 1. The zero-order valence-corrected chi connectivity index (χ0v) is 15.6. The summed E-state index contributed by atoms with van der Waals surface area (Å²) < 4.78 is 41.1. The van der Waals surface area contributed by atoms with Gasteiger partial charge in [-0.1, -0.05) is 34.8 Å². The molecule has 1 atom stereocenters. The number of sulfonamides is 1. The van der Waals surface area contributed by atoms with Crippen molar-refractivity contribution in [1.29, 1.82) is 0 Å². The van der Waals surface area contributed by atoms with Gasteiger partial charge < -0.3 is 0 Å². The van der Waals surface area contributed by atoms with Gasteiger partial charge in [0.1, 0.15) is 10.7 Å². The first kappa shape index (κ1) is 17.8. The molecule has 2 aromatic rings. The van der Waals surface area contributed by atoms with Gasteiger partial charge in [-0.25, -0.2) is 12.8 Å². The van der Waals surface area contributed by atoms with Gasteiger partial charge in [-0.15, -0.1) is 0 Å². The van der Waals surface area contributed by atoms with Crippen LogP contribution in [0.15, 0.2) is 35.2 Å². The van der Waals surface area contributed by atoms with Gasteiger partial charge in [0, 0.05) is 6.04 Å². The number of halogens is 4. The van der Waals surface area contributed by atoms with Crippen molar-refractivity contribution in [3.8, 4) is 0 Å². The van der Waals surface area contributed by atoms with E-state index in [1.165, 1.54) is 34.6 Å². The van der Waals surface area contributed by atoms with Crippen molar-refractivity contribution < 1.29 is 12.8 Å². The van der Waals surface area contributed by atoms with Crippen molar-refractivity contribution >= 4 is 50.5 Å². The zero-order chi connectivity index (χ0) is 17.6. The largest absolute Gasteiger partial charge is 0.266 e. The molecule has 0 fully saturated rings. The van der Waals surface area contributed by atoms with E-state index >= 15 is 0 Å². The Hall–Kier alpha value is -1.01. The molecule has 1 aliphatic rings. The average molecular weight is 409 g/mol. The molecular weight excluding hydrogens is 396 g/mol. The summed E-state index contributed by atoms with van der Waals surface area (Å²) in [5, 5.41) is 0.268. The number of hydrogen-bond acceptors (Lipinski definition) is 2. The van der Waals surface area contributed by atoms with Gasteiger partial charge in [-0.3, -0.25) is 4.31 Å². The van der Waals surface area contributed by atoms with Gasteiger partial charge in [-0.05, 0) is 55.7 Å². The third-order valence-electron chi connectivity index (χ3n) is 4.02. The second-order valence-corrected chi connectivity index (χ2v) is 8.66. The Bertz CT molecular complexity index is 918. The van der Waals surface area contributed by atoms with E-state index in [0.717, 1.165) is 0 Å². The van der Waals surface area contributed by atoms with Crippen LogP contribution in [-0.2, 0) is 16.4 Å². The van der Waals surface area contributed by atoms with E-state index in [4.69, 9.17) is 34.8 Å². The Kier molecular flexibility index (Phi) is 4.73. The standard InChI is InChI=1S/C16H13Cl3FNO2S/c1-9-2-3-10-6-11(20)4-5-15(10)21(9)24(22,23)16-8-13(18)12(17)7-14(16)19/h4-9H,2-3H2,1H3. The first-order chi connectivity index (χ1) is 11.2. The summed E-state index contributed by atoms with van der Waals surface area (Å²) in [5.41, 5.74) is 1.10. The maximum Gasteiger partial charge on any atom is 0.266 e. The van der Waals surface area contributed by atoms with Crippen LogP contribution >= 0.6 is 34.8 Å². The smallest absolute Gasteiger partial charge is 0.263 e. The summed E-state index contributed by atoms with van der Waals surface area (Å²) in [4.78, 5) is -0.123. The van der Waals surface area contributed by atoms with Crippen molar-refractivity contribution in [3.05, 3.63) is 56.8 Å². The summed E-state index contributed by atoms with van der Waals surface area (Å²) in [6.45, 7) is 1.80. The minimum Gasteiger partial charge on any atom is -0.263 e. The molecule has 0 saturated heterocycles. The van der Waals surface area contributed by atoms with Gasteiger partial charge in [0.15, 0.2) is 0 Å². The molecule has 3 rings (SSSR count). The SMILES string of the molecule is CC1CCc2cc(F)ccc2N1S(=O)(=O)c1cc(Cl)c(Cl)cc1Cl. The number of fused-ring (bicyclic) bond motifs is 1. The Balaban J connectivity index is 2.19. The number of hydrogen-bond donors (Lipinski definition) is 0. The van der Waals surface area contributed by atoms with Crippen LogP contribution in [0.2, 0.25) is 15.1 Å². The molecule has 0 bridgehead atoms. The maximum absolute atomic E-state index is 13.5. The first-order valence-corrected chi connectivity index (χ1v) is 9.76. The maximum atomic E-state index is 13.5. The first-order valence-electron chi connectivity index (χ1n) is 7.19. The summed E-state index contributed by atoms with van der Waals surface area (Å²) in [6.07, 6.45) is 1.18. The fourth-order valence-electron chi connectivity index (χ4n) is 2.86. The molecule has 0 N–H and O–H groups in total. The quantitative estimate of drug-likeness (QED) is 0.631. The van der Waals surface area contributed by atoms with Crippen LogP contribution in [-0.4, -0.2) is 14.5 Å². The monoisotopic (exact) mass is 407 g/mol. The molecule has 0 saturated carbocycles.